The molecule has 0 heterocycles. The molecule has 0 N–H and O–H groups in total. The van der Waals surface area contributed by atoms with E-state index in [1.165, 1.54) is 6.42 Å². The highest BCUT2D eigenvalue weighted by molar-refractivity contribution is 8.12. The van der Waals surface area contributed by atoms with Crippen LogP contribution in [-0.2, 0) is 19.3 Å². The zero-order chi connectivity index (χ0) is 14.3. The number of thioether (sulfide) groups is 1. The Labute approximate surface area is 118 Å². The summed E-state index contributed by atoms with van der Waals surface area (Å²) in [7, 11) is 0. The van der Waals surface area contributed by atoms with Crippen LogP contribution < -0.4 is 0 Å². The molecule has 5 nitrogen and oxygen atoms in total. The van der Waals surface area contributed by atoms with Crippen LogP contribution in [0.1, 0.15) is 46.0 Å². The third-order valence-corrected chi connectivity index (χ3v) is 3.49. The Morgan fingerprint density at radius 2 is 1.79 bits per heavy atom. The molecule has 1 aliphatic rings. The largest absolute Gasteiger partial charge is 0.431 e. The van der Waals surface area contributed by atoms with Crippen molar-refractivity contribution in [3.8, 4) is 0 Å². The summed E-state index contributed by atoms with van der Waals surface area (Å²) in [5.74, 6) is -0.379. The molecule has 0 aliphatic heterocycles. The van der Waals surface area contributed by atoms with Crippen LogP contribution in [0.5, 0.6) is 0 Å². The molecule has 0 aromatic carbocycles. The van der Waals surface area contributed by atoms with Crippen LogP contribution in [0.2, 0.25) is 0 Å². The lowest BCUT2D eigenvalue weighted by Gasteiger charge is -2.24. The highest BCUT2D eigenvalue weighted by atomic mass is 32.2. The number of carbonyl (C=O) groups excluding carboxylic acids is 2. The highest BCUT2D eigenvalue weighted by Crippen LogP contribution is 2.26. The number of ether oxygens (including phenoxy) is 1. The molecule has 0 amide bonds. The minimum Gasteiger partial charge on any atom is -0.431 e. The second-order valence-corrected chi connectivity index (χ2v) is 5.76. The summed E-state index contributed by atoms with van der Waals surface area (Å²) < 4.78 is 5.30. The maximum Gasteiger partial charge on any atom is 0.400 e. The van der Waals surface area contributed by atoms with Gasteiger partial charge in [0, 0.05) is 5.92 Å². The number of rotatable bonds is 5. The molecule has 0 aromatic rings. The first kappa shape index (κ1) is 16.3. The topological polar surface area (TPSA) is 61.8 Å². The summed E-state index contributed by atoms with van der Waals surface area (Å²) in [6, 6.07) is 0. The van der Waals surface area contributed by atoms with Gasteiger partial charge in [0.2, 0.25) is 6.29 Å². The fourth-order valence-electron chi connectivity index (χ4n) is 1.94. The van der Waals surface area contributed by atoms with E-state index in [9.17, 15) is 9.59 Å². The number of esters is 1. The summed E-state index contributed by atoms with van der Waals surface area (Å²) in [6.07, 6.45) is 5.79. The Morgan fingerprint density at radius 1 is 1.16 bits per heavy atom. The first-order valence-corrected chi connectivity index (χ1v) is 7.88. The third kappa shape index (κ3) is 5.82. The van der Waals surface area contributed by atoms with E-state index in [2.05, 4.69) is 4.89 Å². The molecule has 0 saturated heterocycles. The Kier molecular flexibility index (Phi) is 7.23. The van der Waals surface area contributed by atoms with Gasteiger partial charge in [0.25, 0.3) is 0 Å². The van der Waals surface area contributed by atoms with Crippen molar-refractivity contribution in [3.63, 3.8) is 0 Å². The molecule has 19 heavy (non-hydrogen) atoms. The summed E-state index contributed by atoms with van der Waals surface area (Å²) in [6.45, 7) is 3.68. The summed E-state index contributed by atoms with van der Waals surface area (Å²) in [5, 5.41) is -0.556. The Balaban J connectivity index is 2.43. The van der Waals surface area contributed by atoms with Crippen LogP contribution in [0.25, 0.3) is 0 Å². The first-order chi connectivity index (χ1) is 9.04. The van der Waals surface area contributed by atoms with E-state index < -0.39 is 11.6 Å². The van der Waals surface area contributed by atoms with Crippen LogP contribution in [-0.4, -0.2) is 23.8 Å². The molecule has 110 valence electrons. The molecule has 1 saturated carbocycles. The van der Waals surface area contributed by atoms with E-state index in [1.54, 1.807) is 6.26 Å². The van der Waals surface area contributed by atoms with Crippen molar-refractivity contribution in [1.29, 1.82) is 0 Å². The van der Waals surface area contributed by atoms with Crippen LogP contribution in [0, 0.1) is 11.8 Å². The molecular weight excluding hydrogens is 268 g/mol. The monoisotopic (exact) mass is 290 g/mol. The summed E-state index contributed by atoms with van der Waals surface area (Å²) in [5.41, 5.74) is 0. The Morgan fingerprint density at radius 3 is 2.32 bits per heavy atom. The summed E-state index contributed by atoms with van der Waals surface area (Å²) in [4.78, 5) is 32.4. The SMILES string of the molecule is CSC(=O)OOC(OC(=O)C1CCCCC1)C(C)C. The van der Waals surface area contributed by atoms with Gasteiger partial charge < -0.3 is 4.74 Å². The van der Waals surface area contributed by atoms with E-state index in [0.29, 0.717) is 0 Å². The minimum absolute atomic E-state index is 0.0464. The number of hydrogen-bond donors (Lipinski definition) is 0. The zero-order valence-corrected chi connectivity index (χ0v) is 12.5. The van der Waals surface area contributed by atoms with Crippen molar-refractivity contribution < 1.29 is 24.1 Å². The molecule has 1 aliphatic carbocycles. The first-order valence-electron chi connectivity index (χ1n) is 6.66. The molecule has 1 atom stereocenters. The molecular formula is C13H22O5S. The molecule has 0 bridgehead atoms. The van der Waals surface area contributed by atoms with Crippen molar-refractivity contribution in [2.75, 3.05) is 6.26 Å². The highest BCUT2D eigenvalue weighted by Gasteiger charge is 2.28. The van der Waals surface area contributed by atoms with Gasteiger partial charge >= 0.3 is 11.3 Å². The zero-order valence-electron chi connectivity index (χ0n) is 11.7. The van der Waals surface area contributed by atoms with Gasteiger partial charge in [-0.1, -0.05) is 33.1 Å². The molecule has 0 aromatic heterocycles. The Bertz CT molecular complexity index is 299. The number of carbonyl (C=O) groups is 2. The standard InChI is InChI=1S/C13H22O5S/c1-9(2)12(17-18-13(15)19-3)16-11(14)10-7-5-4-6-8-10/h9-10,12H,4-8H2,1-3H3. The molecule has 6 heteroatoms. The van der Waals surface area contributed by atoms with Gasteiger partial charge in [-0.2, -0.15) is 0 Å². The quantitative estimate of drug-likeness (QED) is 0.334. The van der Waals surface area contributed by atoms with E-state index >= 15 is 0 Å². The van der Waals surface area contributed by atoms with E-state index in [4.69, 9.17) is 9.62 Å². The summed E-state index contributed by atoms with van der Waals surface area (Å²) >= 11 is 0.899. The minimum atomic E-state index is -0.842. The van der Waals surface area contributed by atoms with Crippen LogP contribution >= 0.6 is 11.8 Å². The molecule has 0 spiro atoms. The average Bonchev–Trinajstić information content (AvgIpc) is 2.43. The maximum absolute atomic E-state index is 12.0. The average molecular weight is 290 g/mol. The van der Waals surface area contributed by atoms with Crippen molar-refractivity contribution in [2.45, 2.75) is 52.2 Å². The number of hydrogen-bond acceptors (Lipinski definition) is 6. The smallest absolute Gasteiger partial charge is 0.400 e. The second-order valence-electron chi connectivity index (χ2n) is 5.02. The van der Waals surface area contributed by atoms with Gasteiger partial charge in [-0.25, -0.2) is 4.79 Å². The fourth-order valence-corrected chi connectivity index (χ4v) is 2.04. The predicted octanol–water partition coefficient (Wildman–Crippen LogP) is 3.52. The van der Waals surface area contributed by atoms with Crippen molar-refractivity contribution >= 4 is 23.0 Å². The van der Waals surface area contributed by atoms with Crippen LogP contribution in [0.15, 0.2) is 0 Å². The van der Waals surface area contributed by atoms with Gasteiger partial charge in [-0.05, 0) is 30.9 Å². The molecule has 0 radical (unpaired) electrons. The third-order valence-electron chi connectivity index (χ3n) is 3.09. The lowest BCUT2D eigenvalue weighted by molar-refractivity contribution is -0.337. The molecule has 1 unspecified atom stereocenters. The fraction of sp³-hybridized carbons (Fsp3) is 0.846. The van der Waals surface area contributed by atoms with Gasteiger partial charge in [0.05, 0.1) is 5.92 Å². The van der Waals surface area contributed by atoms with E-state index in [1.807, 2.05) is 13.8 Å². The molecule has 1 rings (SSSR count). The van der Waals surface area contributed by atoms with Gasteiger partial charge in [-0.3, -0.25) is 9.68 Å². The Hall–Kier alpha value is -0.750. The van der Waals surface area contributed by atoms with Crippen molar-refractivity contribution in [2.24, 2.45) is 11.8 Å². The lowest BCUT2D eigenvalue weighted by atomic mass is 9.89. The second kappa shape index (κ2) is 8.43. The van der Waals surface area contributed by atoms with Gasteiger partial charge in [-0.15, -0.1) is 4.89 Å². The van der Waals surface area contributed by atoms with Crippen molar-refractivity contribution in [1.82, 2.24) is 0 Å². The molecule has 1 fully saturated rings. The predicted molar refractivity (Wildman–Crippen MR) is 72.4 cm³/mol. The van der Waals surface area contributed by atoms with Gasteiger partial charge in [0.15, 0.2) is 0 Å². The normalized spacial score (nSPS) is 18.1. The van der Waals surface area contributed by atoms with Crippen LogP contribution in [0.3, 0.4) is 0 Å². The lowest BCUT2D eigenvalue weighted by Crippen LogP contribution is -2.31. The maximum atomic E-state index is 12.0. The van der Waals surface area contributed by atoms with Gasteiger partial charge in [0.1, 0.15) is 0 Å². The van der Waals surface area contributed by atoms with E-state index in [-0.39, 0.29) is 17.8 Å². The van der Waals surface area contributed by atoms with Crippen LogP contribution in [0.4, 0.5) is 4.79 Å². The van der Waals surface area contributed by atoms with E-state index in [0.717, 1.165) is 37.4 Å². The van der Waals surface area contributed by atoms with Crippen molar-refractivity contribution in [3.05, 3.63) is 0 Å².